The predicted molar refractivity (Wildman–Crippen MR) is 104 cm³/mol. The number of hydrogen-bond donors (Lipinski definition) is 0. The highest BCUT2D eigenvalue weighted by molar-refractivity contribution is 5.86. The number of amides is 2. The topological polar surface area (TPSA) is 53.1 Å². The fourth-order valence-corrected chi connectivity index (χ4v) is 4.18. The van der Waals surface area contributed by atoms with Gasteiger partial charge in [0, 0.05) is 25.7 Å². The van der Waals surface area contributed by atoms with E-state index in [0.29, 0.717) is 24.9 Å². The van der Waals surface area contributed by atoms with Crippen LogP contribution in [-0.4, -0.2) is 66.5 Å². The molecule has 2 aliphatic heterocycles. The number of para-hydroxylation sites is 2. The van der Waals surface area contributed by atoms with Gasteiger partial charge in [0.1, 0.15) is 5.75 Å². The molecule has 2 fully saturated rings. The van der Waals surface area contributed by atoms with Crippen LogP contribution in [0.5, 0.6) is 5.75 Å². The lowest BCUT2D eigenvalue weighted by molar-refractivity contribution is -0.140. The van der Waals surface area contributed by atoms with E-state index in [4.69, 9.17) is 4.74 Å². The van der Waals surface area contributed by atoms with Crippen molar-refractivity contribution in [1.82, 2.24) is 9.80 Å². The van der Waals surface area contributed by atoms with Gasteiger partial charge in [-0.2, -0.15) is 0 Å². The predicted octanol–water partition coefficient (Wildman–Crippen LogP) is 2.28. The zero-order chi connectivity index (χ0) is 18.8. The van der Waals surface area contributed by atoms with Gasteiger partial charge in [-0.1, -0.05) is 12.1 Å². The number of likely N-dealkylation sites (tertiary alicyclic amines) is 1. The molecule has 27 heavy (non-hydrogen) atoms. The molecule has 0 N–H and O–H groups in total. The van der Waals surface area contributed by atoms with Crippen LogP contribution in [-0.2, 0) is 9.59 Å². The number of fused-ring (bicyclic) bond motifs is 1. The Labute approximate surface area is 161 Å². The minimum Gasteiger partial charge on any atom is -0.477 e. The Kier molecular flexibility index (Phi) is 5.23. The second kappa shape index (κ2) is 7.79. The van der Waals surface area contributed by atoms with Gasteiger partial charge in [0.25, 0.3) is 5.91 Å². The van der Waals surface area contributed by atoms with Crippen LogP contribution in [0.2, 0.25) is 0 Å². The van der Waals surface area contributed by atoms with Crippen molar-refractivity contribution in [2.75, 3.05) is 37.6 Å². The van der Waals surface area contributed by atoms with Crippen LogP contribution in [0.15, 0.2) is 24.3 Å². The lowest BCUT2D eigenvalue weighted by Crippen LogP contribution is -2.53. The smallest absolute Gasteiger partial charge is 0.265 e. The molecule has 1 atom stereocenters. The zero-order valence-corrected chi connectivity index (χ0v) is 16.1. The lowest BCUT2D eigenvalue weighted by Gasteiger charge is -2.38. The quantitative estimate of drug-likeness (QED) is 0.797. The van der Waals surface area contributed by atoms with E-state index in [1.807, 2.05) is 45.9 Å². The third kappa shape index (κ3) is 3.89. The number of benzene rings is 1. The molecular weight excluding hydrogens is 342 g/mol. The van der Waals surface area contributed by atoms with Crippen molar-refractivity contribution >= 4 is 17.5 Å². The van der Waals surface area contributed by atoms with Crippen LogP contribution in [0.1, 0.15) is 39.0 Å². The summed E-state index contributed by atoms with van der Waals surface area (Å²) in [5, 5.41) is 0. The van der Waals surface area contributed by atoms with Gasteiger partial charge in [-0.3, -0.25) is 9.59 Å². The molecule has 0 radical (unpaired) electrons. The maximum Gasteiger partial charge on any atom is 0.265 e. The van der Waals surface area contributed by atoms with Crippen molar-refractivity contribution in [3.05, 3.63) is 24.3 Å². The average molecular weight is 371 g/mol. The first-order valence-corrected chi connectivity index (χ1v) is 10.3. The maximum absolute atomic E-state index is 13.0. The molecule has 0 bridgehead atoms. The number of anilines is 1. The fourth-order valence-electron chi connectivity index (χ4n) is 4.18. The number of hydrogen-bond acceptors (Lipinski definition) is 4. The van der Waals surface area contributed by atoms with E-state index in [-0.39, 0.29) is 11.8 Å². The van der Waals surface area contributed by atoms with Gasteiger partial charge in [0.2, 0.25) is 5.91 Å². The highest BCUT2D eigenvalue weighted by Gasteiger charge is 2.37. The molecule has 1 aromatic carbocycles. The summed E-state index contributed by atoms with van der Waals surface area (Å²) in [6.07, 6.45) is 4.98. The lowest BCUT2D eigenvalue weighted by atomic mass is 10.1. The van der Waals surface area contributed by atoms with Crippen molar-refractivity contribution in [2.45, 2.75) is 51.2 Å². The molecule has 3 aliphatic rings. The van der Waals surface area contributed by atoms with Gasteiger partial charge in [-0.05, 0) is 51.2 Å². The van der Waals surface area contributed by atoms with Crippen molar-refractivity contribution in [2.24, 2.45) is 0 Å². The second-order valence-corrected chi connectivity index (χ2v) is 7.75. The standard InChI is InChI=1S/C21H29N3O3/c1-2-24(16-10-11-16)20(25)15-23-14-19(21(26)22-12-6-3-7-13-22)27-18-9-5-4-8-17(18)23/h4-5,8-9,16,19H,2-3,6-7,10-15H2,1H3. The third-order valence-corrected chi connectivity index (χ3v) is 5.78. The summed E-state index contributed by atoms with van der Waals surface area (Å²) >= 11 is 0. The van der Waals surface area contributed by atoms with Gasteiger partial charge in [0.05, 0.1) is 18.8 Å². The normalized spacial score (nSPS) is 22.0. The molecule has 1 aliphatic carbocycles. The molecule has 1 unspecified atom stereocenters. The van der Waals surface area contributed by atoms with Gasteiger partial charge in [-0.15, -0.1) is 0 Å². The van der Waals surface area contributed by atoms with Crippen molar-refractivity contribution in [1.29, 1.82) is 0 Å². The van der Waals surface area contributed by atoms with Gasteiger partial charge >= 0.3 is 0 Å². The highest BCUT2D eigenvalue weighted by atomic mass is 16.5. The molecule has 146 valence electrons. The van der Waals surface area contributed by atoms with Gasteiger partial charge in [0.15, 0.2) is 6.10 Å². The Morgan fingerprint density at radius 1 is 1.15 bits per heavy atom. The summed E-state index contributed by atoms with van der Waals surface area (Å²) in [6, 6.07) is 8.13. The third-order valence-electron chi connectivity index (χ3n) is 5.78. The number of rotatable bonds is 5. The fraction of sp³-hybridized carbons (Fsp3) is 0.619. The minimum atomic E-state index is -0.540. The molecule has 1 saturated carbocycles. The van der Waals surface area contributed by atoms with Crippen LogP contribution in [0.3, 0.4) is 0 Å². The first-order chi connectivity index (χ1) is 13.2. The summed E-state index contributed by atoms with van der Waals surface area (Å²) in [5.74, 6) is 0.887. The van der Waals surface area contributed by atoms with Crippen molar-refractivity contribution < 1.29 is 14.3 Å². The monoisotopic (exact) mass is 371 g/mol. The van der Waals surface area contributed by atoms with Gasteiger partial charge in [-0.25, -0.2) is 0 Å². The van der Waals surface area contributed by atoms with E-state index in [1.165, 1.54) is 6.42 Å². The molecule has 6 heteroatoms. The number of carbonyl (C=O) groups excluding carboxylic acids is 2. The summed E-state index contributed by atoms with van der Waals surface area (Å²) in [6.45, 7) is 5.13. The Bertz CT molecular complexity index is 698. The SMILES string of the molecule is CCN(C(=O)CN1CC(C(=O)N2CCCCC2)Oc2ccccc21)C1CC1. The Balaban J connectivity index is 1.51. The van der Waals surface area contributed by atoms with Crippen molar-refractivity contribution in [3.8, 4) is 5.75 Å². The van der Waals surface area contributed by atoms with E-state index in [1.54, 1.807) is 0 Å². The number of likely N-dealkylation sites (N-methyl/N-ethyl adjacent to an activating group) is 1. The molecule has 2 heterocycles. The first-order valence-electron chi connectivity index (χ1n) is 10.3. The summed E-state index contributed by atoms with van der Waals surface area (Å²) in [4.78, 5) is 31.8. The molecule has 0 spiro atoms. The minimum absolute atomic E-state index is 0.0520. The van der Waals surface area contributed by atoms with E-state index in [9.17, 15) is 9.59 Å². The molecule has 2 amide bonds. The van der Waals surface area contributed by atoms with Crippen LogP contribution in [0, 0.1) is 0 Å². The van der Waals surface area contributed by atoms with Crippen LogP contribution in [0.25, 0.3) is 0 Å². The van der Waals surface area contributed by atoms with E-state index < -0.39 is 6.10 Å². The van der Waals surface area contributed by atoms with Crippen molar-refractivity contribution in [3.63, 3.8) is 0 Å². The summed E-state index contributed by atoms with van der Waals surface area (Å²) < 4.78 is 6.05. The summed E-state index contributed by atoms with van der Waals surface area (Å²) in [5.41, 5.74) is 0.903. The average Bonchev–Trinajstić information content (AvgIpc) is 3.53. The Hall–Kier alpha value is -2.24. The molecule has 1 saturated heterocycles. The molecule has 4 rings (SSSR count). The Morgan fingerprint density at radius 2 is 1.89 bits per heavy atom. The van der Waals surface area contributed by atoms with Crippen LogP contribution < -0.4 is 9.64 Å². The van der Waals surface area contributed by atoms with E-state index in [2.05, 4.69) is 0 Å². The number of ether oxygens (including phenoxy) is 1. The largest absolute Gasteiger partial charge is 0.477 e. The second-order valence-electron chi connectivity index (χ2n) is 7.75. The molecule has 0 aromatic heterocycles. The van der Waals surface area contributed by atoms with Crippen LogP contribution >= 0.6 is 0 Å². The van der Waals surface area contributed by atoms with Gasteiger partial charge < -0.3 is 19.4 Å². The maximum atomic E-state index is 13.0. The Morgan fingerprint density at radius 3 is 2.59 bits per heavy atom. The molecular formula is C21H29N3O3. The number of carbonyl (C=O) groups is 2. The first kappa shape index (κ1) is 18.1. The molecule has 1 aromatic rings. The number of piperidine rings is 1. The van der Waals surface area contributed by atoms with Crippen LogP contribution in [0.4, 0.5) is 5.69 Å². The van der Waals surface area contributed by atoms with E-state index in [0.717, 1.165) is 51.0 Å². The zero-order valence-electron chi connectivity index (χ0n) is 16.1. The van der Waals surface area contributed by atoms with E-state index >= 15 is 0 Å². The summed E-state index contributed by atoms with van der Waals surface area (Å²) in [7, 11) is 0. The highest BCUT2D eigenvalue weighted by Crippen LogP contribution is 2.34. The molecule has 6 nitrogen and oxygen atoms in total. The number of nitrogens with zero attached hydrogens (tertiary/aromatic N) is 3.